The van der Waals surface area contributed by atoms with Crippen molar-refractivity contribution in [3.63, 3.8) is 0 Å². The van der Waals surface area contributed by atoms with Crippen LogP contribution in [0, 0.1) is 5.92 Å². The summed E-state index contributed by atoms with van der Waals surface area (Å²) in [4.78, 5) is 0. The van der Waals surface area contributed by atoms with Crippen molar-refractivity contribution in [2.45, 2.75) is 37.3 Å². The maximum atomic E-state index is 11.8. The molecule has 2 atom stereocenters. The van der Waals surface area contributed by atoms with Gasteiger partial charge >= 0.3 is 5.51 Å². The maximum Gasteiger partial charge on any atom is 0.441 e. The Morgan fingerprint density at radius 1 is 1.31 bits per heavy atom. The Morgan fingerprint density at radius 2 is 2.06 bits per heavy atom. The van der Waals surface area contributed by atoms with Crippen molar-refractivity contribution < 1.29 is 18.3 Å². The summed E-state index contributed by atoms with van der Waals surface area (Å²) >= 11 is 0.00884. The first-order valence-corrected chi connectivity index (χ1v) is 6.55. The van der Waals surface area contributed by atoms with Gasteiger partial charge in [0.05, 0.1) is 6.10 Å². The normalized spacial score (nSPS) is 27.0. The van der Waals surface area contributed by atoms with Gasteiger partial charge in [0.1, 0.15) is 0 Å². The molecule has 16 heavy (non-hydrogen) atoms. The molecule has 0 aliphatic heterocycles. The number of thioether (sulfide) groups is 1. The molecule has 96 valence electrons. The lowest BCUT2D eigenvalue weighted by Crippen LogP contribution is -2.30. The highest BCUT2D eigenvalue weighted by molar-refractivity contribution is 8.00. The highest BCUT2D eigenvalue weighted by atomic mass is 32.2. The molecule has 0 heterocycles. The molecule has 0 radical (unpaired) electrons. The molecule has 1 rings (SSSR count). The van der Waals surface area contributed by atoms with Gasteiger partial charge in [-0.25, -0.2) is 0 Å². The summed E-state index contributed by atoms with van der Waals surface area (Å²) < 4.78 is 35.4. The van der Waals surface area contributed by atoms with E-state index in [1.165, 1.54) is 0 Å². The van der Waals surface area contributed by atoms with Crippen molar-refractivity contribution in [1.29, 1.82) is 0 Å². The smallest absolute Gasteiger partial charge is 0.393 e. The Bertz CT molecular complexity index is 201. The molecule has 2 N–H and O–H groups in total. The van der Waals surface area contributed by atoms with E-state index in [0.717, 1.165) is 32.2 Å². The van der Waals surface area contributed by atoms with Crippen molar-refractivity contribution in [2.24, 2.45) is 5.92 Å². The molecule has 1 aliphatic rings. The van der Waals surface area contributed by atoms with Crippen LogP contribution in [0.2, 0.25) is 0 Å². The minimum absolute atomic E-state index is 0.00884. The lowest BCUT2D eigenvalue weighted by molar-refractivity contribution is -0.0327. The van der Waals surface area contributed by atoms with Crippen molar-refractivity contribution in [1.82, 2.24) is 5.32 Å². The average molecular weight is 257 g/mol. The fraction of sp³-hybridized carbons (Fsp3) is 1.00. The Labute approximate surface area is 98.0 Å². The van der Waals surface area contributed by atoms with Gasteiger partial charge in [-0.2, -0.15) is 13.2 Å². The quantitative estimate of drug-likeness (QED) is 0.742. The zero-order chi connectivity index (χ0) is 12.0. The molecule has 0 aromatic heterocycles. The highest BCUT2D eigenvalue weighted by Gasteiger charge is 2.27. The van der Waals surface area contributed by atoms with E-state index in [1.54, 1.807) is 0 Å². The zero-order valence-electron chi connectivity index (χ0n) is 9.09. The molecule has 1 aliphatic carbocycles. The van der Waals surface area contributed by atoms with E-state index in [1.807, 2.05) is 0 Å². The summed E-state index contributed by atoms with van der Waals surface area (Å²) in [6, 6.07) is 0. The van der Waals surface area contributed by atoms with Gasteiger partial charge < -0.3 is 10.4 Å². The summed E-state index contributed by atoms with van der Waals surface area (Å²) in [5.74, 6) is 0.471. The Kier molecular flexibility index (Phi) is 5.92. The van der Waals surface area contributed by atoms with Crippen LogP contribution in [-0.2, 0) is 0 Å². The second-order valence-electron chi connectivity index (χ2n) is 4.18. The van der Waals surface area contributed by atoms with Crippen molar-refractivity contribution in [3.05, 3.63) is 0 Å². The Balaban J connectivity index is 1.98. The number of hydrogen-bond acceptors (Lipinski definition) is 3. The predicted octanol–water partition coefficient (Wildman–Crippen LogP) is 2.38. The molecule has 0 saturated heterocycles. The van der Waals surface area contributed by atoms with Gasteiger partial charge in [-0.3, -0.25) is 0 Å². The van der Waals surface area contributed by atoms with Crippen molar-refractivity contribution in [3.8, 4) is 0 Å². The second-order valence-corrected chi connectivity index (χ2v) is 5.34. The van der Waals surface area contributed by atoms with E-state index in [4.69, 9.17) is 0 Å². The number of aliphatic hydroxyl groups is 1. The first-order chi connectivity index (χ1) is 7.47. The summed E-state index contributed by atoms with van der Waals surface area (Å²) in [6.45, 7) is 1.09. The maximum absolute atomic E-state index is 11.8. The first-order valence-electron chi connectivity index (χ1n) is 5.57. The van der Waals surface area contributed by atoms with Crippen LogP contribution in [0.3, 0.4) is 0 Å². The minimum atomic E-state index is -4.12. The van der Waals surface area contributed by atoms with Gasteiger partial charge in [0, 0.05) is 12.3 Å². The summed E-state index contributed by atoms with van der Waals surface area (Å²) in [5.41, 5.74) is -4.12. The van der Waals surface area contributed by atoms with Crippen LogP contribution in [0.4, 0.5) is 13.2 Å². The van der Waals surface area contributed by atoms with Crippen LogP contribution >= 0.6 is 11.8 Å². The number of alkyl halides is 3. The summed E-state index contributed by atoms with van der Waals surface area (Å²) in [6.07, 6.45) is 3.51. The molecule has 0 aromatic carbocycles. The monoisotopic (exact) mass is 257 g/mol. The second kappa shape index (κ2) is 6.71. The van der Waals surface area contributed by atoms with Crippen molar-refractivity contribution in [2.75, 3.05) is 18.8 Å². The van der Waals surface area contributed by atoms with E-state index in [2.05, 4.69) is 5.32 Å². The zero-order valence-corrected chi connectivity index (χ0v) is 9.91. The number of aliphatic hydroxyl groups excluding tert-OH is 1. The Morgan fingerprint density at radius 3 is 2.69 bits per heavy atom. The number of halogens is 3. The molecule has 0 amide bonds. The standard InChI is InChI=1S/C10H18F3NOS/c11-10(12,13)16-5-4-14-7-8-2-1-3-9(15)6-8/h8-9,14-15H,1-7H2. The van der Waals surface area contributed by atoms with Gasteiger partial charge in [0.15, 0.2) is 0 Å². The fourth-order valence-corrected chi connectivity index (χ4v) is 2.47. The molecule has 1 fully saturated rings. The van der Waals surface area contributed by atoms with Gasteiger partial charge in [-0.1, -0.05) is 6.42 Å². The van der Waals surface area contributed by atoms with Crippen LogP contribution < -0.4 is 5.32 Å². The molecule has 2 nitrogen and oxygen atoms in total. The molecule has 6 heteroatoms. The van der Waals surface area contributed by atoms with Crippen LogP contribution in [0.25, 0.3) is 0 Å². The predicted molar refractivity (Wildman–Crippen MR) is 59.3 cm³/mol. The van der Waals surface area contributed by atoms with Crippen molar-refractivity contribution >= 4 is 11.8 Å². The molecule has 0 bridgehead atoms. The third kappa shape index (κ3) is 6.60. The SMILES string of the molecule is OC1CCCC(CNCCSC(F)(F)F)C1. The largest absolute Gasteiger partial charge is 0.441 e. The van der Waals surface area contributed by atoms with Crippen LogP contribution in [0.15, 0.2) is 0 Å². The van der Waals surface area contributed by atoms with Gasteiger partial charge in [-0.15, -0.1) is 0 Å². The third-order valence-electron chi connectivity index (χ3n) is 2.73. The van der Waals surface area contributed by atoms with Crippen LogP contribution in [0.5, 0.6) is 0 Å². The molecule has 1 saturated carbocycles. The van der Waals surface area contributed by atoms with E-state index in [9.17, 15) is 18.3 Å². The average Bonchev–Trinajstić information content (AvgIpc) is 2.15. The number of rotatable bonds is 5. The fourth-order valence-electron chi connectivity index (χ4n) is 1.99. The minimum Gasteiger partial charge on any atom is -0.393 e. The number of hydrogen-bond donors (Lipinski definition) is 2. The summed E-state index contributed by atoms with van der Waals surface area (Å²) in [5, 5.41) is 12.4. The molecular formula is C10H18F3NOS. The van der Waals surface area contributed by atoms with Crippen LogP contribution in [-0.4, -0.2) is 35.6 Å². The van der Waals surface area contributed by atoms with Gasteiger partial charge in [0.2, 0.25) is 0 Å². The van der Waals surface area contributed by atoms with E-state index in [0.29, 0.717) is 12.5 Å². The lowest BCUT2D eigenvalue weighted by Gasteiger charge is -2.25. The highest BCUT2D eigenvalue weighted by Crippen LogP contribution is 2.29. The van der Waals surface area contributed by atoms with E-state index in [-0.39, 0.29) is 23.6 Å². The third-order valence-corrected chi connectivity index (χ3v) is 3.47. The van der Waals surface area contributed by atoms with E-state index >= 15 is 0 Å². The molecule has 2 unspecified atom stereocenters. The van der Waals surface area contributed by atoms with Gasteiger partial charge in [0.25, 0.3) is 0 Å². The summed E-state index contributed by atoms with van der Waals surface area (Å²) in [7, 11) is 0. The van der Waals surface area contributed by atoms with Crippen LogP contribution in [0.1, 0.15) is 25.7 Å². The molecule has 0 aromatic rings. The lowest BCUT2D eigenvalue weighted by atomic mass is 9.87. The molecular weight excluding hydrogens is 239 g/mol. The number of nitrogens with one attached hydrogen (secondary N) is 1. The first kappa shape index (κ1) is 14.1. The van der Waals surface area contributed by atoms with E-state index < -0.39 is 5.51 Å². The topological polar surface area (TPSA) is 32.3 Å². The van der Waals surface area contributed by atoms with Gasteiger partial charge in [-0.05, 0) is 43.5 Å². The Hall–Kier alpha value is 0.0600. The molecule has 0 spiro atoms.